The summed E-state index contributed by atoms with van der Waals surface area (Å²) in [5.41, 5.74) is 0.0663. The zero-order valence-corrected chi connectivity index (χ0v) is 17.4. The van der Waals surface area contributed by atoms with Crippen LogP contribution >= 0.6 is 0 Å². The second-order valence-corrected chi connectivity index (χ2v) is 9.71. The lowest BCUT2D eigenvalue weighted by atomic mass is 9.78. The third kappa shape index (κ3) is 4.42. The predicted octanol–water partition coefficient (Wildman–Crippen LogP) is 4.94. The number of halogens is 3. The van der Waals surface area contributed by atoms with Gasteiger partial charge in [-0.1, -0.05) is 55.0 Å². The van der Waals surface area contributed by atoms with E-state index >= 15 is 0 Å². The molecule has 0 spiro atoms. The fourth-order valence-electron chi connectivity index (χ4n) is 3.83. The lowest BCUT2D eigenvalue weighted by molar-refractivity contribution is -0.150. The van der Waals surface area contributed by atoms with Crippen LogP contribution in [-0.4, -0.2) is 32.0 Å². The topological polar surface area (TPSA) is 61.2 Å². The molecule has 8 heteroatoms. The molecule has 2 aromatic rings. The van der Waals surface area contributed by atoms with Crippen LogP contribution in [-0.2, 0) is 10.0 Å². The summed E-state index contributed by atoms with van der Waals surface area (Å²) in [6, 6.07) is 16.5. The SMILES string of the molecule is Cc1ccc(S(=O)(=O)N2C/C(=C(/C#N)c3ccccc3)C(C)(CC(F)(F)F)C2)cc1. The molecule has 1 fully saturated rings. The van der Waals surface area contributed by atoms with Crippen LogP contribution < -0.4 is 0 Å². The Morgan fingerprint density at radius 3 is 2.27 bits per heavy atom. The van der Waals surface area contributed by atoms with Crippen LogP contribution in [0.1, 0.15) is 24.5 Å². The van der Waals surface area contributed by atoms with Crippen molar-refractivity contribution >= 4 is 15.6 Å². The highest BCUT2D eigenvalue weighted by molar-refractivity contribution is 7.89. The number of nitrogens with zero attached hydrogens (tertiary/aromatic N) is 2. The molecule has 0 radical (unpaired) electrons. The third-order valence-electron chi connectivity index (χ3n) is 5.31. The second-order valence-electron chi connectivity index (χ2n) is 7.77. The molecule has 1 aliphatic rings. The number of hydrogen-bond donors (Lipinski definition) is 0. The number of aryl methyl sites for hydroxylation is 1. The molecule has 0 bridgehead atoms. The maximum absolute atomic E-state index is 13.4. The van der Waals surface area contributed by atoms with E-state index in [4.69, 9.17) is 0 Å². The molecule has 1 unspecified atom stereocenters. The smallest absolute Gasteiger partial charge is 0.207 e. The quantitative estimate of drug-likeness (QED) is 0.641. The Hall–Kier alpha value is -2.63. The van der Waals surface area contributed by atoms with Gasteiger partial charge < -0.3 is 0 Å². The van der Waals surface area contributed by atoms with Crippen LogP contribution in [0.15, 0.2) is 65.1 Å². The second kappa shape index (κ2) is 7.89. The third-order valence-corrected chi connectivity index (χ3v) is 7.12. The van der Waals surface area contributed by atoms with E-state index in [1.165, 1.54) is 19.1 Å². The van der Waals surface area contributed by atoms with Gasteiger partial charge in [0.2, 0.25) is 10.0 Å². The standard InChI is InChI=1S/C22H21F3N2O2S/c1-16-8-10-18(11-9-16)30(28,29)27-13-20(21(2,15-27)14-22(23,24)25)19(12-26)17-6-4-3-5-7-17/h3-11H,13-15H2,1-2H3/b20-19+. The minimum absolute atomic E-state index is 0.0157. The Morgan fingerprint density at radius 1 is 1.13 bits per heavy atom. The zero-order chi connectivity index (χ0) is 22.2. The highest BCUT2D eigenvalue weighted by Gasteiger charge is 2.50. The molecule has 0 N–H and O–H groups in total. The molecule has 158 valence electrons. The maximum Gasteiger partial charge on any atom is 0.390 e. The molecule has 1 heterocycles. The molecule has 2 aromatic carbocycles. The van der Waals surface area contributed by atoms with Gasteiger partial charge in [-0.25, -0.2) is 8.42 Å². The van der Waals surface area contributed by atoms with Crippen LogP contribution in [0.25, 0.3) is 5.57 Å². The van der Waals surface area contributed by atoms with Gasteiger partial charge >= 0.3 is 6.18 Å². The van der Waals surface area contributed by atoms with Crippen molar-refractivity contribution in [1.82, 2.24) is 4.31 Å². The molecular formula is C22H21F3N2O2S. The number of sulfonamides is 1. The summed E-state index contributed by atoms with van der Waals surface area (Å²) in [5, 5.41) is 9.75. The lowest BCUT2D eigenvalue weighted by Crippen LogP contribution is -2.33. The maximum atomic E-state index is 13.4. The van der Waals surface area contributed by atoms with Gasteiger partial charge in [0.1, 0.15) is 0 Å². The van der Waals surface area contributed by atoms with Gasteiger partial charge in [-0.15, -0.1) is 0 Å². The molecule has 0 amide bonds. The molecule has 30 heavy (non-hydrogen) atoms. The normalized spacial score (nSPS) is 22.0. The van der Waals surface area contributed by atoms with Crippen LogP contribution in [0.3, 0.4) is 0 Å². The monoisotopic (exact) mass is 434 g/mol. The first kappa shape index (κ1) is 22.1. The predicted molar refractivity (Wildman–Crippen MR) is 108 cm³/mol. The van der Waals surface area contributed by atoms with Crippen LogP contribution in [0, 0.1) is 23.7 Å². The van der Waals surface area contributed by atoms with E-state index in [2.05, 4.69) is 0 Å². The van der Waals surface area contributed by atoms with E-state index in [0.29, 0.717) is 5.56 Å². The Labute approximate surface area is 174 Å². The highest BCUT2D eigenvalue weighted by atomic mass is 32.2. The summed E-state index contributed by atoms with van der Waals surface area (Å²) in [6.45, 7) is 2.57. The van der Waals surface area contributed by atoms with Crippen molar-refractivity contribution in [3.8, 4) is 6.07 Å². The number of hydrogen-bond acceptors (Lipinski definition) is 3. The van der Waals surface area contributed by atoms with Crippen molar-refractivity contribution in [3.05, 3.63) is 71.3 Å². The first-order valence-corrected chi connectivity index (χ1v) is 10.7. The molecule has 1 atom stereocenters. The fourth-order valence-corrected chi connectivity index (χ4v) is 5.37. The van der Waals surface area contributed by atoms with Crippen molar-refractivity contribution < 1.29 is 21.6 Å². The van der Waals surface area contributed by atoms with E-state index in [1.54, 1.807) is 42.5 Å². The minimum Gasteiger partial charge on any atom is -0.207 e. The van der Waals surface area contributed by atoms with Crippen molar-refractivity contribution in [2.75, 3.05) is 13.1 Å². The van der Waals surface area contributed by atoms with Gasteiger partial charge in [0.15, 0.2) is 0 Å². The Balaban J connectivity index is 2.12. The van der Waals surface area contributed by atoms with E-state index in [1.807, 2.05) is 13.0 Å². The average molecular weight is 434 g/mol. The molecule has 1 saturated heterocycles. The van der Waals surface area contributed by atoms with Crippen molar-refractivity contribution in [3.63, 3.8) is 0 Å². The summed E-state index contributed by atoms with van der Waals surface area (Å²) in [5.74, 6) is 0. The summed E-state index contributed by atoms with van der Waals surface area (Å²) < 4.78 is 67.5. The Morgan fingerprint density at radius 2 is 1.73 bits per heavy atom. The zero-order valence-electron chi connectivity index (χ0n) is 16.6. The largest absolute Gasteiger partial charge is 0.390 e. The van der Waals surface area contributed by atoms with Gasteiger partial charge in [-0.3, -0.25) is 0 Å². The van der Waals surface area contributed by atoms with E-state index < -0.39 is 28.0 Å². The summed E-state index contributed by atoms with van der Waals surface area (Å²) in [7, 11) is -4.02. The lowest BCUT2D eigenvalue weighted by Gasteiger charge is -2.28. The number of allylic oxidation sites excluding steroid dienone is 1. The Kier molecular flexibility index (Phi) is 5.81. The van der Waals surface area contributed by atoms with Gasteiger partial charge in [0, 0.05) is 18.5 Å². The van der Waals surface area contributed by atoms with E-state index in [9.17, 15) is 26.9 Å². The van der Waals surface area contributed by atoms with Crippen LogP contribution in [0.2, 0.25) is 0 Å². The molecule has 4 nitrogen and oxygen atoms in total. The molecule has 0 aliphatic carbocycles. The highest BCUT2D eigenvalue weighted by Crippen LogP contribution is 2.47. The van der Waals surface area contributed by atoms with Gasteiger partial charge in [0.05, 0.1) is 23.0 Å². The molecule has 0 aromatic heterocycles. The van der Waals surface area contributed by atoms with Gasteiger partial charge in [0.25, 0.3) is 0 Å². The summed E-state index contributed by atoms with van der Waals surface area (Å²) in [6.07, 6.45) is -5.73. The van der Waals surface area contributed by atoms with Gasteiger partial charge in [-0.05, 0) is 30.2 Å². The van der Waals surface area contributed by atoms with E-state index in [-0.39, 0.29) is 29.1 Å². The van der Waals surface area contributed by atoms with E-state index in [0.717, 1.165) is 9.87 Å². The van der Waals surface area contributed by atoms with Crippen molar-refractivity contribution in [1.29, 1.82) is 5.26 Å². The van der Waals surface area contributed by atoms with Crippen molar-refractivity contribution in [2.24, 2.45) is 5.41 Å². The number of alkyl halides is 3. The van der Waals surface area contributed by atoms with Crippen LogP contribution in [0.5, 0.6) is 0 Å². The Bertz CT molecular complexity index is 1100. The number of rotatable bonds is 4. The fraction of sp³-hybridized carbons (Fsp3) is 0.318. The average Bonchev–Trinajstić information content (AvgIpc) is 2.99. The summed E-state index contributed by atoms with van der Waals surface area (Å²) in [4.78, 5) is 0.0157. The molecule has 3 rings (SSSR count). The molecular weight excluding hydrogens is 413 g/mol. The minimum atomic E-state index is -4.51. The number of nitriles is 1. The summed E-state index contributed by atoms with van der Waals surface area (Å²) >= 11 is 0. The van der Waals surface area contributed by atoms with Crippen LogP contribution in [0.4, 0.5) is 13.2 Å². The number of benzene rings is 2. The molecule has 1 aliphatic heterocycles. The van der Waals surface area contributed by atoms with Gasteiger partial charge in [-0.2, -0.15) is 22.7 Å². The van der Waals surface area contributed by atoms with Crippen molar-refractivity contribution in [2.45, 2.75) is 31.3 Å². The first-order chi connectivity index (χ1) is 14.0. The molecule has 0 saturated carbocycles. The first-order valence-electron chi connectivity index (χ1n) is 9.29.